The number of benzene rings is 1. The predicted molar refractivity (Wildman–Crippen MR) is 97.0 cm³/mol. The maximum atomic E-state index is 12.6. The lowest BCUT2D eigenvalue weighted by molar-refractivity contribution is -0.134. The van der Waals surface area contributed by atoms with E-state index in [1.54, 1.807) is 26.9 Å². The van der Waals surface area contributed by atoms with Crippen molar-refractivity contribution >= 4 is 11.8 Å². The van der Waals surface area contributed by atoms with Crippen molar-refractivity contribution in [1.82, 2.24) is 19.6 Å². The number of para-hydroxylation sites is 1. The molecule has 0 radical (unpaired) electrons. The molecule has 2 amide bonds. The van der Waals surface area contributed by atoms with E-state index in [1.807, 2.05) is 44.2 Å². The lowest BCUT2D eigenvalue weighted by Gasteiger charge is -2.34. The second kappa shape index (κ2) is 8.03. The molecule has 2 aromatic rings. The van der Waals surface area contributed by atoms with Crippen LogP contribution in [0.3, 0.4) is 0 Å². The zero-order valence-corrected chi connectivity index (χ0v) is 15.2. The molecule has 0 saturated carbocycles. The lowest BCUT2D eigenvalue weighted by atomic mass is 10.2. The molecule has 0 spiro atoms. The third-order valence-electron chi connectivity index (χ3n) is 4.40. The van der Waals surface area contributed by atoms with Crippen LogP contribution in [0.25, 0.3) is 0 Å². The minimum absolute atomic E-state index is 0.0130. The van der Waals surface area contributed by atoms with Crippen molar-refractivity contribution in [2.75, 3.05) is 32.8 Å². The summed E-state index contributed by atoms with van der Waals surface area (Å²) in [5.74, 6) is 0.579. The van der Waals surface area contributed by atoms with Gasteiger partial charge in [0.05, 0.1) is 11.8 Å². The summed E-state index contributed by atoms with van der Waals surface area (Å²) in [6.07, 6.45) is 3.38. The first kappa shape index (κ1) is 18.0. The van der Waals surface area contributed by atoms with Crippen molar-refractivity contribution < 1.29 is 14.3 Å². The van der Waals surface area contributed by atoms with Gasteiger partial charge in [-0.05, 0) is 26.0 Å². The predicted octanol–water partition coefficient (Wildman–Crippen LogP) is 1.83. The number of carbonyl (C=O) groups excluding carboxylic acids is 2. The number of rotatable bonds is 5. The highest BCUT2D eigenvalue weighted by atomic mass is 16.5. The quantitative estimate of drug-likeness (QED) is 0.820. The number of aromatic nitrogens is 2. The summed E-state index contributed by atoms with van der Waals surface area (Å²) in [5, 5.41) is 4.22. The van der Waals surface area contributed by atoms with E-state index in [-0.39, 0.29) is 24.5 Å². The van der Waals surface area contributed by atoms with E-state index >= 15 is 0 Å². The van der Waals surface area contributed by atoms with E-state index in [1.165, 1.54) is 0 Å². The maximum Gasteiger partial charge on any atom is 0.260 e. The zero-order valence-electron chi connectivity index (χ0n) is 15.2. The van der Waals surface area contributed by atoms with Gasteiger partial charge in [-0.2, -0.15) is 5.10 Å². The van der Waals surface area contributed by atoms with Crippen LogP contribution in [0.2, 0.25) is 0 Å². The molecule has 138 valence electrons. The molecule has 2 heterocycles. The Morgan fingerprint density at radius 2 is 1.73 bits per heavy atom. The zero-order chi connectivity index (χ0) is 18.5. The van der Waals surface area contributed by atoms with Crippen LogP contribution >= 0.6 is 0 Å². The summed E-state index contributed by atoms with van der Waals surface area (Å²) in [7, 11) is 0. The number of amides is 2. The van der Waals surface area contributed by atoms with E-state index in [2.05, 4.69) is 5.10 Å². The van der Waals surface area contributed by atoms with Crippen LogP contribution in [0, 0.1) is 0 Å². The molecule has 0 aliphatic carbocycles. The number of ether oxygens (including phenoxy) is 1. The van der Waals surface area contributed by atoms with Gasteiger partial charge in [-0.1, -0.05) is 18.2 Å². The fourth-order valence-electron chi connectivity index (χ4n) is 2.83. The number of hydrogen-bond donors (Lipinski definition) is 0. The molecule has 7 heteroatoms. The van der Waals surface area contributed by atoms with Crippen molar-refractivity contribution in [3.8, 4) is 5.75 Å². The van der Waals surface area contributed by atoms with E-state index < -0.39 is 0 Å². The highest BCUT2D eigenvalue weighted by molar-refractivity contribution is 5.94. The second-order valence-electron chi connectivity index (χ2n) is 6.58. The molecule has 1 aliphatic heterocycles. The highest BCUT2D eigenvalue weighted by Gasteiger charge is 2.25. The minimum atomic E-state index is -0.0615. The van der Waals surface area contributed by atoms with Crippen molar-refractivity contribution in [3.05, 3.63) is 48.3 Å². The van der Waals surface area contributed by atoms with Crippen molar-refractivity contribution in [3.63, 3.8) is 0 Å². The van der Waals surface area contributed by atoms with Gasteiger partial charge in [-0.3, -0.25) is 14.3 Å². The first-order chi connectivity index (χ1) is 12.5. The average Bonchev–Trinajstić information content (AvgIpc) is 3.17. The maximum absolute atomic E-state index is 12.6. The van der Waals surface area contributed by atoms with Gasteiger partial charge in [0.15, 0.2) is 6.61 Å². The first-order valence-corrected chi connectivity index (χ1v) is 8.83. The lowest BCUT2D eigenvalue weighted by Crippen LogP contribution is -2.51. The fourth-order valence-corrected chi connectivity index (χ4v) is 2.83. The highest BCUT2D eigenvalue weighted by Crippen LogP contribution is 2.12. The van der Waals surface area contributed by atoms with Crippen molar-refractivity contribution in [2.24, 2.45) is 0 Å². The molecule has 1 aromatic carbocycles. The van der Waals surface area contributed by atoms with Gasteiger partial charge in [-0.15, -0.1) is 0 Å². The average molecular weight is 356 g/mol. The topological polar surface area (TPSA) is 67.7 Å². The van der Waals surface area contributed by atoms with E-state index in [0.717, 1.165) is 0 Å². The molecular formula is C19H24N4O3. The molecule has 1 aliphatic rings. The van der Waals surface area contributed by atoms with Crippen LogP contribution in [0.1, 0.15) is 30.2 Å². The summed E-state index contributed by atoms with van der Waals surface area (Å²) < 4.78 is 7.28. The number of hydrogen-bond acceptors (Lipinski definition) is 4. The standard InChI is InChI=1S/C19H24N4O3/c1-15(2)23-13-16(12-20-23)19(25)22-10-8-21(9-11-22)18(24)14-26-17-6-4-3-5-7-17/h3-7,12-13,15H,8-11,14H2,1-2H3. The largest absolute Gasteiger partial charge is 0.484 e. The summed E-state index contributed by atoms with van der Waals surface area (Å²) in [4.78, 5) is 28.4. The van der Waals surface area contributed by atoms with Gasteiger partial charge in [0.1, 0.15) is 5.75 Å². The molecule has 3 rings (SSSR count). The van der Waals surface area contributed by atoms with Gasteiger partial charge >= 0.3 is 0 Å². The van der Waals surface area contributed by atoms with E-state index in [9.17, 15) is 9.59 Å². The Morgan fingerprint density at radius 1 is 1.08 bits per heavy atom. The monoisotopic (exact) mass is 356 g/mol. The Bertz CT molecular complexity index is 749. The molecule has 1 fully saturated rings. The van der Waals surface area contributed by atoms with Gasteiger partial charge in [-0.25, -0.2) is 0 Å². The van der Waals surface area contributed by atoms with E-state index in [0.29, 0.717) is 37.5 Å². The summed E-state index contributed by atoms with van der Waals surface area (Å²) in [5.41, 5.74) is 0.589. The molecule has 0 bridgehead atoms. The minimum Gasteiger partial charge on any atom is -0.484 e. The van der Waals surface area contributed by atoms with Crippen LogP contribution in [-0.4, -0.2) is 64.2 Å². The van der Waals surface area contributed by atoms with Gasteiger partial charge in [0.2, 0.25) is 0 Å². The van der Waals surface area contributed by atoms with Crippen molar-refractivity contribution in [1.29, 1.82) is 0 Å². The molecule has 1 saturated heterocycles. The van der Waals surface area contributed by atoms with Crippen molar-refractivity contribution in [2.45, 2.75) is 19.9 Å². The molecule has 26 heavy (non-hydrogen) atoms. The normalized spacial score (nSPS) is 14.6. The first-order valence-electron chi connectivity index (χ1n) is 8.83. The van der Waals surface area contributed by atoms with Crippen LogP contribution in [0.5, 0.6) is 5.75 Å². The number of carbonyl (C=O) groups is 2. The summed E-state index contributed by atoms with van der Waals surface area (Å²) in [6.45, 7) is 6.11. The van der Waals surface area contributed by atoms with E-state index in [4.69, 9.17) is 4.74 Å². The van der Waals surface area contributed by atoms with Gasteiger partial charge < -0.3 is 14.5 Å². The molecule has 0 unspecified atom stereocenters. The molecular weight excluding hydrogens is 332 g/mol. The van der Waals surface area contributed by atoms with Crippen LogP contribution in [-0.2, 0) is 4.79 Å². The van der Waals surface area contributed by atoms with Gasteiger partial charge in [0, 0.05) is 38.4 Å². The smallest absolute Gasteiger partial charge is 0.260 e. The van der Waals surface area contributed by atoms with Crippen LogP contribution in [0.15, 0.2) is 42.7 Å². The van der Waals surface area contributed by atoms with Crippen LogP contribution in [0.4, 0.5) is 0 Å². The summed E-state index contributed by atoms with van der Waals surface area (Å²) >= 11 is 0. The molecule has 7 nitrogen and oxygen atoms in total. The third-order valence-corrected chi connectivity index (χ3v) is 4.40. The Kier molecular flexibility index (Phi) is 5.55. The Morgan fingerprint density at radius 3 is 2.35 bits per heavy atom. The summed E-state index contributed by atoms with van der Waals surface area (Å²) in [6, 6.07) is 9.49. The fraction of sp³-hybridized carbons (Fsp3) is 0.421. The Hall–Kier alpha value is -2.83. The SMILES string of the molecule is CC(C)n1cc(C(=O)N2CCN(C(=O)COc3ccccc3)CC2)cn1. The molecule has 0 atom stereocenters. The van der Waals surface area contributed by atoms with Gasteiger partial charge in [0.25, 0.3) is 11.8 Å². The van der Waals surface area contributed by atoms with Crippen LogP contribution < -0.4 is 4.74 Å². The second-order valence-corrected chi connectivity index (χ2v) is 6.58. The third kappa shape index (κ3) is 4.22. The Labute approximate surface area is 153 Å². The number of piperazine rings is 1. The number of nitrogens with zero attached hydrogens (tertiary/aromatic N) is 4. The molecule has 1 aromatic heterocycles. The Balaban J connectivity index is 1.48. The molecule has 0 N–H and O–H groups in total.